The van der Waals surface area contributed by atoms with E-state index >= 15 is 0 Å². The number of aromatic nitrogens is 2. The van der Waals surface area contributed by atoms with Gasteiger partial charge in [-0.1, -0.05) is 48.1 Å². The molecule has 21 heavy (non-hydrogen) atoms. The summed E-state index contributed by atoms with van der Waals surface area (Å²) >= 11 is 3.05. The van der Waals surface area contributed by atoms with E-state index in [1.165, 1.54) is 22.5 Å². The van der Waals surface area contributed by atoms with E-state index in [1.807, 2.05) is 0 Å². The topological polar surface area (TPSA) is 54.9 Å². The number of thioether (sulfide) groups is 1. The highest BCUT2D eigenvalue weighted by atomic mass is 32.2. The minimum atomic E-state index is -0.0219. The molecule has 0 saturated carbocycles. The Kier molecular flexibility index (Phi) is 6.20. The van der Waals surface area contributed by atoms with Crippen LogP contribution >= 0.6 is 23.1 Å². The summed E-state index contributed by atoms with van der Waals surface area (Å²) in [6, 6.07) is 8.38. The summed E-state index contributed by atoms with van der Waals surface area (Å²) in [5, 5.41) is 12.4. The minimum absolute atomic E-state index is 0.0219. The number of hydrogen-bond donors (Lipinski definition) is 1. The molecule has 0 aliphatic carbocycles. The number of nitrogens with one attached hydrogen (secondary N) is 1. The Labute approximate surface area is 133 Å². The van der Waals surface area contributed by atoms with Gasteiger partial charge >= 0.3 is 0 Å². The van der Waals surface area contributed by atoms with Crippen molar-refractivity contribution in [1.82, 2.24) is 10.2 Å². The van der Waals surface area contributed by atoms with Gasteiger partial charge in [0, 0.05) is 12.2 Å². The first-order chi connectivity index (χ1) is 10.2. The lowest BCUT2D eigenvalue weighted by Crippen LogP contribution is -2.13. The van der Waals surface area contributed by atoms with Crippen molar-refractivity contribution in [3.8, 4) is 0 Å². The van der Waals surface area contributed by atoms with Gasteiger partial charge in [-0.2, -0.15) is 0 Å². The van der Waals surface area contributed by atoms with Gasteiger partial charge in [0.1, 0.15) is 5.01 Å². The fourth-order valence-electron chi connectivity index (χ4n) is 1.72. The van der Waals surface area contributed by atoms with E-state index in [0.717, 1.165) is 23.6 Å². The smallest absolute Gasteiger partial charge is 0.236 e. The first kappa shape index (κ1) is 16.0. The number of benzene rings is 1. The van der Waals surface area contributed by atoms with E-state index in [-0.39, 0.29) is 5.91 Å². The Morgan fingerprint density at radius 3 is 2.76 bits per heavy atom. The molecule has 4 nitrogen and oxygen atoms in total. The maximum absolute atomic E-state index is 11.8. The SMILES string of the molecule is CCCc1nnc(NC(=O)CSCc2ccc(C)cc2)s1. The van der Waals surface area contributed by atoms with E-state index in [1.54, 1.807) is 11.8 Å². The highest BCUT2D eigenvalue weighted by molar-refractivity contribution is 7.99. The average molecular weight is 321 g/mol. The van der Waals surface area contributed by atoms with Crippen molar-refractivity contribution in [2.75, 3.05) is 11.1 Å². The fourth-order valence-corrected chi connectivity index (χ4v) is 3.37. The Morgan fingerprint density at radius 1 is 1.29 bits per heavy atom. The number of hydrogen-bond acceptors (Lipinski definition) is 5. The van der Waals surface area contributed by atoms with E-state index in [4.69, 9.17) is 0 Å². The molecule has 0 aliphatic rings. The van der Waals surface area contributed by atoms with Gasteiger partial charge in [0.25, 0.3) is 0 Å². The fraction of sp³-hybridized carbons (Fsp3) is 0.400. The third-order valence-corrected chi connectivity index (χ3v) is 4.70. The molecule has 0 aliphatic heterocycles. The van der Waals surface area contributed by atoms with Crippen LogP contribution in [0.25, 0.3) is 0 Å². The Bertz CT molecular complexity index is 581. The van der Waals surface area contributed by atoms with Gasteiger partial charge < -0.3 is 0 Å². The molecule has 1 aromatic heterocycles. The van der Waals surface area contributed by atoms with Gasteiger partial charge in [-0.15, -0.1) is 22.0 Å². The zero-order valence-corrected chi connectivity index (χ0v) is 13.9. The molecule has 2 rings (SSSR count). The summed E-state index contributed by atoms with van der Waals surface area (Å²) < 4.78 is 0. The lowest BCUT2D eigenvalue weighted by molar-refractivity contribution is -0.113. The number of carbonyl (C=O) groups is 1. The normalized spacial score (nSPS) is 10.6. The molecular formula is C15H19N3OS2. The molecular weight excluding hydrogens is 302 g/mol. The molecule has 0 fully saturated rings. The van der Waals surface area contributed by atoms with Crippen LogP contribution in [0.1, 0.15) is 29.5 Å². The van der Waals surface area contributed by atoms with Crippen LogP contribution in [0.15, 0.2) is 24.3 Å². The van der Waals surface area contributed by atoms with Crippen molar-refractivity contribution in [1.29, 1.82) is 0 Å². The molecule has 6 heteroatoms. The number of anilines is 1. The summed E-state index contributed by atoms with van der Waals surface area (Å²) in [6.45, 7) is 4.17. The van der Waals surface area contributed by atoms with Crippen LogP contribution < -0.4 is 5.32 Å². The summed E-state index contributed by atoms with van der Waals surface area (Å²) in [5.74, 6) is 1.24. The third kappa shape index (κ3) is 5.47. The Balaban J connectivity index is 1.72. The average Bonchev–Trinajstić information content (AvgIpc) is 2.89. The summed E-state index contributed by atoms with van der Waals surface area (Å²) in [5.41, 5.74) is 2.49. The standard InChI is InChI=1S/C15H19N3OS2/c1-3-4-14-17-18-15(21-14)16-13(19)10-20-9-12-7-5-11(2)6-8-12/h5-8H,3-4,9-10H2,1-2H3,(H,16,18,19). The van der Waals surface area contributed by atoms with Gasteiger partial charge in [-0.05, 0) is 18.9 Å². The summed E-state index contributed by atoms with van der Waals surface area (Å²) in [6.07, 6.45) is 1.95. The van der Waals surface area contributed by atoms with Crippen molar-refractivity contribution in [2.45, 2.75) is 32.4 Å². The molecule has 0 radical (unpaired) electrons. The molecule has 0 atom stereocenters. The molecule has 1 N–H and O–H groups in total. The van der Waals surface area contributed by atoms with Crippen molar-refractivity contribution < 1.29 is 4.79 Å². The second-order valence-corrected chi connectivity index (χ2v) is 6.83. The number of aryl methyl sites for hydroxylation is 2. The molecule has 1 aromatic carbocycles. The first-order valence-corrected chi connectivity index (χ1v) is 8.90. The van der Waals surface area contributed by atoms with Crippen LogP contribution in [0, 0.1) is 6.92 Å². The summed E-state index contributed by atoms with van der Waals surface area (Å²) in [4.78, 5) is 11.8. The molecule has 0 bridgehead atoms. The van der Waals surface area contributed by atoms with Crippen molar-refractivity contribution >= 4 is 34.1 Å². The largest absolute Gasteiger partial charge is 0.300 e. The van der Waals surface area contributed by atoms with Crippen LogP contribution in [0.2, 0.25) is 0 Å². The highest BCUT2D eigenvalue weighted by Crippen LogP contribution is 2.18. The number of carbonyl (C=O) groups excluding carboxylic acids is 1. The predicted molar refractivity (Wildman–Crippen MR) is 89.9 cm³/mol. The maximum Gasteiger partial charge on any atom is 0.236 e. The van der Waals surface area contributed by atoms with Crippen LogP contribution in [-0.2, 0) is 17.0 Å². The van der Waals surface area contributed by atoms with Crippen LogP contribution in [0.4, 0.5) is 5.13 Å². The molecule has 0 unspecified atom stereocenters. The van der Waals surface area contributed by atoms with Crippen LogP contribution in [0.3, 0.4) is 0 Å². The molecule has 1 amide bonds. The van der Waals surface area contributed by atoms with Crippen molar-refractivity contribution in [3.63, 3.8) is 0 Å². The second kappa shape index (κ2) is 8.14. The number of nitrogens with zero attached hydrogens (tertiary/aromatic N) is 2. The quantitative estimate of drug-likeness (QED) is 0.845. The van der Waals surface area contributed by atoms with E-state index in [0.29, 0.717) is 10.9 Å². The van der Waals surface area contributed by atoms with Crippen molar-refractivity contribution in [3.05, 3.63) is 40.4 Å². The van der Waals surface area contributed by atoms with E-state index in [9.17, 15) is 4.79 Å². The molecule has 1 heterocycles. The van der Waals surface area contributed by atoms with E-state index < -0.39 is 0 Å². The van der Waals surface area contributed by atoms with Gasteiger partial charge in [-0.3, -0.25) is 10.1 Å². The van der Waals surface area contributed by atoms with Crippen LogP contribution in [0.5, 0.6) is 0 Å². The number of rotatable bonds is 7. The Hall–Kier alpha value is -1.40. The molecule has 112 valence electrons. The number of amides is 1. The monoisotopic (exact) mass is 321 g/mol. The van der Waals surface area contributed by atoms with Gasteiger partial charge in [0.2, 0.25) is 11.0 Å². The van der Waals surface area contributed by atoms with Gasteiger partial charge in [-0.25, -0.2) is 0 Å². The third-order valence-electron chi connectivity index (χ3n) is 2.80. The summed E-state index contributed by atoms with van der Waals surface area (Å²) in [7, 11) is 0. The zero-order chi connectivity index (χ0) is 15.1. The van der Waals surface area contributed by atoms with E-state index in [2.05, 4.69) is 53.6 Å². The zero-order valence-electron chi connectivity index (χ0n) is 12.3. The molecule has 0 spiro atoms. The van der Waals surface area contributed by atoms with Gasteiger partial charge in [0.15, 0.2) is 0 Å². The Morgan fingerprint density at radius 2 is 2.05 bits per heavy atom. The van der Waals surface area contributed by atoms with Crippen molar-refractivity contribution in [2.24, 2.45) is 0 Å². The lowest BCUT2D eigenvalue weighted by Gasteiger charge is -2.02. The highest BCUT2D eigenvalue weighted by Gasteiger charge is 2.08. The first-order valence-electron chi connectivity index (χ1n) is 6.93. The van der Waals surface area contributed by atoms with Gasteiger partial charge in [0.05, 0.1) is 5.75 Å². The second-order valence-electron chi connectivity index (χ2n) is 4.78. The molecule has 0 saturated heterocycles. The predicted octanol–water partition coefficient (Wildman–Crippen LogP) is 3.67. The minimum Gasteiger partial charge on any atom is -0.300 e. The molecule has 2 aromatic rings. The maximum atomic E-state index is 11.8. The van der Waals surface area contributed by atoms with Crippen LogP contribution in [-0.4, -0.2) is 21.9 Å². The lowest BCUT2D eigenvalue weighted by atomic mass is 10.2.